The number of sulfonamides is 1. The highest BCUT2D eigenvalue weighted by Crippen LogP contribution is 2.10. The van der Waals surface area contributed by atoms with Crippen molar-refractivity contribution in [3.8, 4) is 17.6 Å². The van der Waals surface area contributed by atoms with Gasteiger partial charge in [-0.2, -0.15) is 4.72 Å². The van der Waals surface area contributed by atoms with Crippen LogP contribution < -0.4 is 9.46 Å². The summed E-state index contributed by atoms with van der Waals surface area (Å²) in [5, 5.41) is 0. The molecule has 0 heterocycles. The fourth-order valence-corrected chi connectivity index (χ4v) is 2.68. The summed E-state index contributed by atoms with van der Waals surface area (Å²) in [6.07, 6.45) is 0. The number of benzene rings is 2. The number of rotatable bonds is 4. The molecule has 114 valence electrons. The number of hydrogen-bond acceptors (Lipinski definition) is 3. The molecule has 0 atom stereocenters. The van der Waals surface area contributed by atoms with Crippen LogP contribution in [0.2, 0.25) is 0 Å². The highest BCUT2D eigenvalue weighted by molar-refractivity contribution is 7.89. The molecule has 2 aromatic carbocycles. The van der Waals surface area contributed by atoms with Gasteiger partial charge in [-0.25, -0.2) is 8.42 Å². The lowest BCUT2D eigenvalue weighted by Gasteiger charge is -2.03. The monoisotopic (exact) mass is 315 g/mol. The van der Waals surface area contributed by atoms with E-state index in [0.29, 0.717) is 0 Å². The van der Waals surface area contributed by atoms with Crippen molar-refractivity contribution in [2.75, 3.05) is 13.7 Å². The first kappa shape index (κ1) is 16.1. The van der Waals surface area contributed by atoms with Gasteiger partial charge in [0.15, 0.2) is 0 Å². The summed E-state index contributed by atoms with van der Waals surface area (Å²) in [6.45, 7) is 1.96. The molecule has 0 saturated heterocycles. The molecule has 2 rings (SSSR count). The maximum atomic E-state index is 12.0. The lowest BCUT2D eigenvalue weighted by atomic mass is 10.2. The van der Waals surface area contributed by atoms with E-state index in [1.165, 1.54) is 0 Å². The largest absolute Gasteiger partial charge is 0.497 e. The van der Waals surface area contributed by atoms with E-state index in [1.54, 1.807) is 43.5 Å². The summed E-state index contributed by atoms with van der Waals surface area (Å²) in [7, 11) is -1.92. The van der Waals surface area contributed by atoms with Gasteiger partial charge in [-0.05, 0) is 43.3 Å². The molecule has 0 fully saturated rings. The van der Waals surface area contributed by atoms with Gasteiger partial charge in [-0.1, -0.05) is 29.5 Å². The smallest absolute Gasteiger partial charge is 0.241 e. The van der Waals surface area contributed by atoms with Gasteiger partial charge in [0, 0.05) is 5.56 Å². The molecule has 0 bridgehead atoms. The van der Waals surface area contributed by atoms with Crippen LogP contribution in [-0.4, -0.2) is 22.1 Å². The van der Waals surface area contributed by atoms with Gasteiger partial charge >= 0.3 is 0 Å². The zero-order valence-electron chi connectivity index (χ0n) is 12.5. The van der Waals surface area contributed by atoms with Crippen molar-refractivity contribution in [1.82, 2.24) is 4.72 Å². The first-order chi connectivity index (χ1) is 10.5. The fourth-order valence-electron chi connectivity index (χ4n) is 1.75. The van der Waals surface area contributed by atoms with E-state index in [-0.39, 0.29) is 11.4 Å². The quantitative estimate of drug-likeness (QED) is 0.881. The minimum Gasteiger partial charge on any atom is -0.497 e. The fraction of sp³-hybridized carbons (Fsp3) is 0.176. The zero-order valence-corrected chi connectivity index (χ0v) is 13.3. The molecule has 0 unspecified atom stereocenters. The molecule has 0 spiro atoms. The Kier molecular flexibility index (Phi) is 5.21. The molecule has 0 saturated carbocycles. The Labute approximate surface area is 131 Å². The average Bonchev–Trinajstić information content (AvgIpc) is 2.52. The van der Waals surface area contributed by atoms with E-state index in [0.717, 1.165) is 16.9 Å². The van der Waals surface area contributed by atoms with Gasteiger partial charge in [0.2, 0.25) is 10.0 Å². The van der Waals surface area contributed by atoms with E-state index in [9.17, 15) is 8.42 Å². The third-order valence-corrected chi connectivity index (χ3v) is 4.42. The molecule has 4 nitrogen and oxygen atoms in total. The number of hydrogen-bond donors (Lipinski definition) is 1. The highest BCUT2D eigenvalue weighted by Gasteiger charge is 2.11. The third-order valence-electron chi connectivity index (χ3n) is 3.00. The van der Waals surface area contributed by atoms with Gasteiger partial charge in [-0.3, -0.25) is 0 Å². The van der Waals surface area contributed by atoms with Crippen molar-refractivity contribution in [1.29, 1.82) is 0 Å². The molecule has 0 amide bonds. The standard InChI is InChI=1S/C17H17NO3S/c1-14-5-11-17(12-6-14)22(19,20)18-13-3-4-15-7-9-16(21-2)10-8-15/h5-12,18H,13H2,1-2H3. The summed E-state index contributed by atoms with van der Waals surface area (Å²) in [4.78, 5) is 0.240. The minimum atomic E-state index is -3.51. The molecule has 2 aromatic rings. The highest BCUT2D eigenvalue weighted by atomic mass is 32.2. The van der Waals surface area contributed by atoms with Crippen LogP contribution in [0.15, 0.2) is 53.4 Å². The minimum absolute atomic E-state index is 0.0578. The Morgan fingerprint density at radius 2 is 1.68 bits per heavy atom. The molecule has 0 aromatic heterocycles. The van der Waals surface area contributed by atoms with E-state index in [1.807, 2.05) is 19.1 Å². The van der Waals surface area contributed by atoms with Crippen molar-refractivity contribution in [2.24, 2.45) is 0 Å². The lowest BCUT2D eigenvalue weighted by molar-refractivity contribution is 0.415. The summed E-state index contributed by atoms with van der Waals surface area (Å²) >= 11 is 0. The molecular weight excluding hydrogens is 298 g/mol. The van der Waals surface area contributed by atoms with E-state index in [4.69, 9.17) is 4.74 Å². The van der Waals surface area contributed by atoms with Crippen molar-refractivity contribution in [3.63, 3.8) is 0 Å². The van der Waals surface area contributed by atoms with Crippen molar-refractivity contribution >= 4 is 10.0 Å². The number of ether oxygens (including phenoxy) is 1. The van der Waals surface area contributed by atoms with Gasteiger partial charge in [0.05, 0.1) is 18.6 Å². The molecule has 0 aliphatic rings. The average molecular weight is 315 g/mol. The number of methoxy groups -OCH3 is 1. The van der Waals surface area contributed by atoms with Crippen LogP contribution in [0.4, 0.5) is 0 Å². The van der Waals surface area contributed by atoms with Crippen LogP contribution in [0.5, 0.6) is 5.75 Å². The first-order valence-electron chi connectivity index (χ1n) is 6.70. The second-order valence-corrected chi connectivity index (χ2v) is 6.43. The van der Waals surface area contributed by atoms with E-state index < -0.39 is 10.0 Å². The Balaban J connectivity index is 1.98. The molecular formula is C17H17NO3S. The van der Waals surface area contributed by atoms with E-state index >= 15 is 0 Å². The Morgan fingerprint density at radius 3 is 2.27 bits per heavy atom. The lowest BCUT2D eigenvalue weighted by Crippen LogP contribution is -2.23. The van der Waals surface area contributed by atoms with Gasteiger partial charge in [0.1, 0.15) is 5.75 Å². The summed E-state index contributed by atoms with van der Waals surface area (Å²) in [5.74, 6) is 6.45. The molecule has 0 radical (unpaired) electrons. The van der Waals surface area contributed by atoms with Crippen LogP contribution in [0.25, 0.3) is 0 Å². The normalized spacial score (nSPS) is 10.6. The Hall–Kier alpha value is -2.29. The SMILES string of the molecule is COc1ccc(C#CCNS(=O)(=O)c2ccc(C)cc2)cc1. The maximum Gasteiger partial charge on any atom is 0.241 e. The second kappa shape index (κ2) is 7.12. The Morgan fingerprint density at radius 1 is 1.05 bits per heavy atom. The summed E-state index contributed by atoms with van der Waals surface area (Å²) in [6, 6.07) is 13.9. The molecule has 22 heavy (non-hydrogen) atoms. The van der Waals surface area contributed by atoms with Crippen LogP contribution in [0.1, 0.15) is 11.1 Å². The van der Waals surface area contributed by atoms with Gasteiger partial charge in [-0.15, -0.1) is 0 Å². The molecule has 5 heteroatoms. The van der Waals surface area contributed by atoms with E-state index in [2.05, 4.69) is 16.6 Å². The van der Waals surface area contributed by atoms with Crippen LogP contribution in [-0.2, 0) is 10.0 Å². The number of nitrogens with one attached hydrogen (secondary N) is 1. The molecule has 0 aliphatic heterocycles. The maximum absolute atomic E-state index is 12.0. The van der Waals surface area contributed by atoms with Gasteiger partial charge < -0.3 is 4.74 Å². The summed E-state index contributed by atoms with van der Waals surface area (Å²) in [5.41, 5.74) is 1.81. The molecule has 1 N–H and O–H groups in total. The zero-order chi connectivity index (χ0) is 16.0. The predicted octanol–water partition coefficient (Wildman–Crippen LogP) is 2.33. The van der Waals surface area contributed by atoms with Crippen LogP contribution in [0, 0.1) is 18.8 Å². The van der Waals surface area contributed by atoms with Crippen molar-refractivity contribution in [3.05, 3.63) is 59.7 Å². The number of aryl methyl sites for hydroxylation is 1. The topological polar surface area (TPSA) is 55.4 Å². The van der Waals surface area contributed by atoms with Gasteiger partial charge in [0.25, 0.3) is 0 Å². The Bertz CT molecular complexity index is 783. The second-order valence-electron chi connectivity index (χ2n) is 4.67. The van der Waals surface area contributed by atoms with Crippen LogP contribution >= 0.6 is 0 Å². The summed E-state index contributed by atoms with van der Waals surface area (Å²) < 4.78 is 31.6. The van der Waals surface area contributed by atoms with Crippen LogP contribution in [0.3, 0.4) is 0 Å². The van der Waals surface area contributed by atoms with Crippen molar-refractivity contribution in [2.45, 2.75) is 11.8 Å². The third kappa shape index (κ3) is 4.35. The van der Waals surface area contributed by atoms with Crippen molar-refractivity contribution < 1.29 is 13.2 Å². The molecule has 0 aliphatic carbocycles. The predicted molar refractivity (Wildman–Crippen MR) is 86.2 cm³/mol. The first-order valence-corrected chi connectivity index (χ1v) is 8.19.